The second-order valence-corrected chi connectivity index (χ2v) is 5.94. The zero-order valence-corrected chi connectivity index (χ0v) is 17.4. The van der Waals surface area contributed by atoms with Crippen LogP contribution in [0.4, 0.5) is 5.69 Å². The van der Waals surface area contributed by atoms with Gasteiger partial charge in [-0.1, -0.05) is 0 Å². The molecule has 2 amide bonds. The van der Waals surface area contributed by atoms with E-state index in [2.05, 4.69) is 5.32 Å². The van der Waals surface area contributed by atoms with E-state index >= 15 is 0 Å². The third-order valence-electron chi connectivity index (χ3n) is 3.89. The molecule has 2 rings (SSSR count). The number of carbonyl (C=O) groups is 2. The number of nitrogens with one attached hydrogen (secondary N) is 1. The highest BCUT2D eigenvalue weighted by Crippen LogP contribution is 2.39. The number of hydrogen-bond donors (Lipinski definition) is 2. The number of benzene rings is 2. The Morgan fingerprint density at radius 3 is 2.07 bits per heavy atom. The first-order chi connectivity index (χ1) is 14.4. The van der Waals surface area contributed by atoms with Crippen LogP contribution in [0.5, 0.6) is 28.7 Å². The fraction of sp³-hybridized carbons (Fsp3) is 0.333. The van der Waals surface area contributed by atoms with Crippen LogP contribution in [0, 0.1) is 0 Å². The van der Waals surface area contributed by atoms with E-state index in [1.165, 1.54) is 26.4 Å². The fourth-order valence-corrected chi connectivity index (χ4v) is 2.64. The summed E-state index contributed by atoms with van der Waals surface area (Å²) in [6.07, 6.45) is 0. The lowest BCUT2D eigenvalue weighted by atomic mass is 10.1. The summed E-state index contributed by atoms with van der Waals surface area (Å²) in [5.41, 5.74) is 5.84. The summed E-state index contributed by atoms with van der Waals surface area (Å²) in [7, 11) is 2.82. The molecule has 9 nitrogen and oxygen atoms in total. The molecule has 0 heterocycles. The van der Waals surface area contributed by atoms with Crippen molar-refractivity contribution in [2.75, 3.05) is 39.4 Å². The van der Waals surface area contributed by atoms with Crippen molar-refractivity contribution in [1.29, 1.82) is 0 Å². The first-order valence-electron chi connectivity index (χ1n) is 9.31. The van der Waals surface area contributed by atoms with E-state index in [0.717, 1.165) is 0 Å². The fourth-order valence-electron chi connectivity index (χ4n) is 2.64. The molecule has 0 unspecified atom stereocenters. The Kier molecular flexibility index (Phi) is 8.16. The molecular formula is C21H26N2O7. The van der Waals surface area contributed by atoms with Gasteiger partial charge in [0.1, 0.15) is 11.5 Å². The molecule has 0 fully saturated rings. The van der Waals surface area contributed by atoms with Crippen LogP contribution in [0.3, 0.4) is 0 Å². The van der Waals surface area contributed by atoms with Gasteiger partial charge in [-0.25, -0.2) is 0 Å². The van der Waals surface area contributed by atoms with Crippen LogP contribution in [0.1, 0.15) is 24.2 Å². The van der Waals surface area contributed by atoms with Crippen LogP contribution in [0.2, 0.25) is 0 Å². The summed E-state index contributed by atoms with van der Waals surface area (Å²) < 4.78 is 27.0. The Morgan fingerprint density at radius 2 is 1.53 bits per heavy atom. The van der Waals surface area contributed by atoms with Crippen molar-refractivity contribution in [2.45, 2.75) is 13.8 Å². The van der Waals surface area contributed by atoms with Crippen LogP contribution >= 0.6 is 0 Å². The van der Waals surface area contributed by atoms with Crippen molar-refractivity contribution in [2.24, 2.45) is 5.73 Å². The minimum Gasteiger partial charge on any atom is -0.494 e. The van der Waals surface area contributed by atoms with Gasteiger partial charge in [-0.15, -0.1) is 0 Å². The predicted molar refractivity (Wildman–Crippen MR) is 111 cm³/mol. The molecule has 0 aliphatic rings. The Hall–Kier alpha value is -3.62. The molecule has 0 saturated carbocycles. The van der Waals surface area contributed by atoms with Gasteiger partial charge in [0.25, 0.3) is 11.8 Å². The Balaban J connectivity index is 2.36. The Morgan fingerprint density at radius 1 is 0.900 bits per heavy atom. The molecule has 0 bridgehead atoms. The number of methoxy groups -OCH3 is 2. The maximum absolute atomic E-state index is 12.9. The van der Waals surface area contributed by atoms with Gasteiger partial charge >= 0.3 is 0 Å². The van der Waals surface area contributed by atoms with Gasteiger partial charge in [0.05, 0.1) is 33.1 Å². The average Bonchev–Trinajstić information content (AvgIpc) is 2.73. The standard InChI is InChI=1S/C21H26N2O7/c1-5-28-14-7-8-16(29-6-2)15(11-14)23-21(25)13-9-17(26-3)20(18(10-13)27-4)30-12-19(22)24/h7-11H,5-6,12H2,1-4H3,(H2,22,24)(H,23,25). The molecule has 0 aliphatic heterocycles. The van der Waals surface area contributed by atoms with Crippen LogP contribution in [-0.4, -0.2) is 45.9 Å². The number of anilines is 1. The van der Waals surface area contributed by atoms with E-state index in [4.69, 9.17) is 29.4 Å². The molecule has 2 aromatic carbocycles. The van der Waals surface area contributed by atoms with E-state index in [-0.39, 0.29) is 29.4 Å². The van der Waals surface area contributed by atoms with Crippen molar-refractivity contribution in [3.05, 3.63) is 35.9 Å². The molecule has 3 N–H and O–H groups in total. The molecule has 2 aromatic rings. The van der Waals surface area contributed by atoms with Crippen LogP contribution < -0.4 is 34.7 Å². The van der Waals surface area contributed by atoms with Crippen LogP contribution in [-0.2, 0) is 4.79 Å². The molecule has 0 atom stereocenters. The van der Waals surface area contributed by atoms with Crippen molar-refractivity contribution in [3.63, 3.8) is 0 Å². The summed E-state index contributed by atoms with van der Waals surface area (Å²) >= 11 is 0. The SMILES string of the molecule is CCOc1ccc(OCC)c(NC(=O)c2cc(OC)c(OCC(N)=O)c(OC)c2)c1. The quantitative estimate of drug-likeness (QED) is 0.576. The zero-order valence-electron chi connectivity index (χ0n) is 17.4. The number of carbonyl (C=O) groups excluding carboxylic acids is 2. The van der Waals surface area contributed by atoms with Crippen LogP contribution in [0.25, 0.3) is 0 Å². The smallest absolute Gasteiger partial charge is 0.256 e. The summed E-state index contributed by atoms with van der Waals surface area (Å²) in [5, 5.41) is 2.81. The van der Waals surface area contributed by atoms with Gasteiger partial charge < -0.3 is 34.7 Å². The van der Waals surface area contributed by atoms with Crippen molar-refractivity contribution in [1.82, 2.24) is 0 Å². The first-order valence-corrected chi connectivity index (χ1v) is 9.31. The maximum atomic E-state index is 12.9. The molecule has 9 heteroatoms. The highest BCUT2D eigenvalue weighted by atomic mass is 16.5. The summed E-state index contributed by atoms with van der Waals surface area (Å²) in [4.78, 5) is 24.0. The Labute approximate surface area is 175 Å². The van der Waals surface area contributed by atoms with Gasteiger partial charge in [-0.3, -0.25) is 9.59 Å². The second kappa shape index (κ2) is 10.8. The zero-order chi connectivity index (χ0) is 22.1. The van der Waals surface area contributed by atoms with E-state index < -0.39 is 11.8 Å². The highest BCUT2D eigenvalue weighted by Gasteiger charge is 2.19. The molecule has 0 aromatic heterocycles. The Bertz CT molecular complexity index is 874. The molecule has 0 spiro atoms. The van der Waals surface area contributed by atoms with Crippen molar-refractivity contribution < 1.29 is 33.3 Å². The molecule has 0 saturated heterocycles. The van der Waals surface area contributed by atoms with E-state index in [1.54, 1.807) is 18.2 Å². The van der Waals surface area contributed by atoms with Gasteiger partial charge in [-0.05, 0) is 38.1 Å². The van der Waals surface area contributed by atoms with Gasteiger partial charge in [0.2, 0.25) is 5.75 Å². The monoisotopic (exact) mass is 418 g/mol. The lowest BCUT2D eigenvalue weighted by Gasteiger charge is -2.16. The van der Waals surface area contributed by atoms with Crippen LogP contribution in [0.15, 0.2) is 30.3 Å². The normalized spacial score (nSPS) is 10.1. The molecule has 0 radical (unpaired) electrons. The third kappa shape index (κ3) is 5.69. The number of rotatable bonds is 11. The van der Waals surface area contributed by atoms with Gasteiger partial charge in [-0.2, -0.15) is 0 Å². The number of ether oxygens (including phenoxy) is 5. The lowest BCUT2D eigenvalue weighted by molar-refractivity contribution is -0.120. The second-order valence-electron chi connectivity index (χ2n) is 5.94. The van der Waals surface area contributed by atoms with Crippen molar-refractivity contribution >= 4 is 17.5 Å². The number of hydrogen-bond acceptors (Lipinski definition) is 7. The molecule has 30 heavy (non-hydrogen) atoms. The van der Waals surface area contributed by atoms with Gasteiger partial charge in [0, 0.05) is 11.6 Å². The first kappa shape index (κ1) is 22.7. The molecule has 162 valence electrons. The minimum absolute atomic E-state index is 0.170. The third-order valence-corrected chi connectivity index (χ3v) is 3.89. The van der Waals surface area contributed by atoms with Gasteiger partial charge in [0.15, 0.2) is 18.1 Å². The average molecular weight is 418 g/mol. The van der Waals surface area contributed by atoms with Crippen molar-refractivity contribution in [3.8, 4) is 28.7 Å². The lowest BCUT2D eigenvalue weighted by Crippen LogP contribution is -2.20. The topological polar surface area (TPSA) is 118 Å². The summed E-state index contributed by atoms with van der Waals surface area (Å²) in [5.74, 6) is 0.629. The largest absolute Gasteiger partial charge is 0.494 e. The number of nitrogens with two attached hydrogens (primary N) is 1. The summed E-state index contributed by atoms with van der Waals surface area (Å²) in [6.45, 7) is 4.28. The van der Waals surface area contributed by atoms with E-state index in [1.807, 2.05) is 13.8 Å². The number of amides is 2. The predicted octanol–water partition coefficient (Wildman–Crippen LogP) is 2.62. The molecule has 0 aliphatic carbocycles. The maximum Gasteiger partial charge on any atom is 0.256 e. The van der Waals surface area contributed by atoms with E-state index in [9.17, 15) is 9.59 Å². The highest BCUT2D eigenvalue weighted by molar-refractivity contribution is 6.06. The molecular weight excluding hydrogens is 392 g/mol. The minimum atomic E-state index is -0.654. The van der Waals surface area contributed by atoms with E-state index in [0.29, 0.717) is 30.4 Å². The number of primary amides is 1. The summed E-state index contributed by atoms with van der Waals surface area (Å²) in [6, 6.07) is 8.13.